The molecule has 0 fully saturated rings. The number of hydrogen-bond donors (Lipinski definition) is 1. The molecule has 4 nitrogen and oxygen atoms in total. The van der Waals surface area contributed by atoms with Gasteiger partial charge in [0.25, 0.3) is 0 Å². The molecule has 0 atom stereocenters. The first kappa shape index (κ1) is 9.48. The van der Waals surface area contributed by atoms with E-state index in [-0.39, 0.29) is 6.61 Å². The van der Waals surface area contributed by atoms with Crippen molar-refractivity contribution in [2.75, 3.05) is 7.11 Å². The molecule has 0 aliphatic carbocycles. The number of aliphatic hydroxyl groups excluding tert-OH is 1. The summed E-state index contributed by atoms with van der Waals surface area (Å²) in [5.74, 6) is 1.04. The third-order valence-corrected chi connectivity index (χ3v) is 2.45. The molecule has 0 saturated heterocycles. The highest BCUT2D eigenvalue weighted by atomic mass is 79.9. The number of aliphatic hydroxyl groups is 1. The van der Waals surface area contributed by atoms with Crippen LogP contribution >= 0.6 is 15.9 Å². The minimum atomic E-state index is -0.130. The van der Waals surface area contributed by atoms with E-state index in [4.69, 9.17) is 14.3 Å². The highest BCUT2D eigenvalue weighted by molar-refractivity contribution is 9.10. The second-order valence-corrected chi connectivity index (χ2v) is 3.49. The highest BCUT2D eigenvalue weighted by Crippen LogP contribution is 2.33. The standard InChI is InChI=1S/C9H8BrNO3/c1-13-8-7-5(3-11-9(8)10)2-6(4-12)14-7/h2-3,12H,4H2,1H3. The fourth-order valence-corrected chi connectivity index (χ4v) is 1.71. The topological polar surface area (TPSA) is 55.5 Å². The third kappa shape index (κ3) is 1.38. The lowest BCUT2D eigenvalue weighted by atomic mass is 10.3. The summed E-state index contributed by atoms with van der Waals surface area (Å²) in [7, 11) is 1.54. The molecule has 0 aliphatic heterocycles. The Morgan fingerprint density at radius 3 is 3.07 bits per heavy atom. The molecule has 0 radical (unpaired) electrons. The van der Waals surface area contributed by atoms with Crippen molar-refractivity contribution in [1.29, 1.82) is 0 Å². The molecule has 0 unspecified atom stereocenters. The maximum Gasteiger partial charge on any atom is 0.195 e. The van der Waals surface area contributed by atoms with Crippen LogP contribution in [0.4, 0.5) is 0 Å². The molecule has 0 amide bonds. The van der Waals surface area contributed by atoms with Crippen LogP contribution in [0.2, 0.25) is 0 Å². The fourth-order valence-electron chi connectivity index (χ4n) is 1.27. The van der Waals surface area contributed by atoms with Gasteiger partial charge in [0.05, 0.1) is 7.11 Å². The van der Waals surface area contributed by atoms with Crippen LogP contribution in [0.25, 0.3) is 11.0 Å². The Morgan fingerprint density at radius 1 is 1.64 bits per heavy atom. The predicted octanol–water partition coefficient (Wildman–Crippen LogP) is 2.09. The molecule has 5 heteroatoms. The van der Waals surface area contributed by atoms with E-state index >= 15 is 0 Å². The van der Waals surface area contributed by atoms with Gasteiger partial charge in [-0.15, -0.1) is 0 Å². The summed E-state index contributed by atoms with van der Waals surface area (Å²) >= 11 is 3.25. The first-order valence-electron chi connectivity index (χ1n) is 3.98. The Balaban J connectivity index is 2.73. The molecular formula is C9H8BrNO3. The van der Waals surface area contributed by atoms with Crippen molar-refractivity contribution in [3.05, 3.63) is 22.6 Å². The van der Waals surface area contributed by atoms with Crippen LogP contribution < -0.4 is 4.74 Å². The summed E-state index contributed by atoms with van der Waals surface area (Å²) < 4.78 is 11.1. The smallest absolute Gasteiger partial charge is 0.195 e. The quantitative estimate of drug-likeness (QED) is 0.838. The normalized spacial score (nSPS) is 10.8. The molecule has 2 rings (SSSR count). The lowest BCUT2D eigenvalue weighted by molar-refractivity contribution is 0.250. The Bertz CT molecular complexity index is 466. The van der Waals surface area contributed by atoms with Gasteiger partial charge in [0.2, 0.25) is 0 Å². The lowest BCUT2D eigenvalue weighted by Gasteiger charge is -2.01. The zero-order valence-corrected chi connectivity index (χ0v) is 9.04. The maximum absolute atomic E-state index is 8.90. The van der Waals surface area contributed by atoms with Gasteiger partial charge in [-0.3, -0.25) is 0 Å². The van der Waals surface area contributed by atoms with Crippen molar-refractivity contribution in [3.63, 3.8) is 0 Å². The van der Waals surface area contributed by atoms with E-state index in [9.17, 15) is 0 Å². The van der Waals surface area contributed by atoms with Crippen LogP contribution in [0.5, 0.6) is 5.75 Å². The lowest BCUT2D eigenvalue weighted by Crippen LogP contribution is -1.86. The summed E-state index contributed by atoms with van der Waals surface area (Å²) in [6.45, 7) is -0.130. The number of nitrogens with zero attached hydrogens (tertiary/aromatic N) is 1. The number of pyridine rings is 1. The summed E-state index contributed by atoms with van der Waals surface area (Å²) in [5.41, 5.74) is 0.596. The van der Waals surface area contributed by atoms with E-state index in [2.05, 4.69) is 20.9 Å². The van der Waals surface area contributed by atoms with Crippen LogP contribution in [0.1, 0.15) is 5.76 Å². The van der Waals surface area contributed by atoms with Gasteiger partial charge in [-0.25, -0.2) is 4.98 Å². The van der Waals surface area contributed by atoms with Crippen LogP contribution in [0, 0.1) is 0 Å². The molecule has 2 aromatic heterocycles. The van der Waals surface area contributed by atoms with Gasteiger partial charge < -0.3 is 14.3 Å². The van der Waals surface area contributed by atoms with Gasteiger partial charge in [-0.2, -0.15) is 0 Å². The van der Waals surface area contributed by atoms with Crippen LogP contribution in [0.3, 0.4) is 0 Å². The van der Waals surface area contributed by atoms with Crippen molar-refractivity contribution < 1.29 is 14.3 Å². The van der Waals surface area contributed by atoms with E-state index in [1.807, 2.05) is 0 Å². The number of aromatic nitrogens is 1. The van der Waals surface area contributed by atoms with Crippen molar-refractivity contribution in [3.8, 4) is 5.75 Å². The SMILES string of the molecule is COc1c(Br)ncc2cc(CO)oc12. The van der Waals surface area contributed by atoms with Crippen LogP contribution in [-0.4, -0.2) is 17.2 Å². The van der Waals surface area contributed by atoms with Gasteiger partial charge in [0.1, 0.15) is 12.4 Å². The molecule has 0 aromatic carbocycles. The molecular weight excluding hydrogens is 250 g/mol. The number of fused-ring (bicyclic) bond motifs is 1. The van der Waals surface area contributed by atoms with E-state index < -0.39 is 0 Å². The van der Waals surface area contributed by atoms with Crippen LogP contribution in [0.15, 0.2) is 21.3 Å². The molecule has 0 saturated carbocycles. The molecule has 0 spiro atoms. The second kappa shape index (κ2) is 3.59. The third-order valence-electron chi connectivity index (χ3n) is 1.88. The molecule has 2 heterocycles. The molecule has 2 aromatic rings. The number of rotatable bonds is 2. The minimum Gasteiger partial charge on any atom is -0.490 e. The van der Waals surface area contributed by atoms with Gasteiger partial charge in [-0.05, 0) is 22.0 Å². The Hall–Kier alpha value is -1.07. The monoisotopic (exact) mass is 257 g/mol. The average molecular weight is 258 g/mol. The average Bonchev–Trinajstić information content (AvgIpc) is 2.60. The molecule has 0 aliphatic rings. The zero-order valence-electron chi connectivity index (χ0n) is 7.45. The summed E-state index contributed by atoms with van der Waals surface area (Å²) in [4.78, 5) is 4.08. The minimum absolute atomic E-state index is 0.130. The Kier molecular flexibility index (Phi) is 2.43. The van der Waals surface area contributed by atoms with Crippen molar-refractivity contribution >= 4 is 26.9 Å². The molecule has 74 valence electrons. The van der Waals surface area contributed by atoms with E-state index in [0.717, 1.165) is 5.39 Å². The summed E-state index contributed by atoms with van der Waals surface area (Å²) in [5, 5.41) is 9.72. The number of methoxy groups -OCH3 is 1. The molecule has 0 bridgehead atoms. The Labute approximate surface area is 88.6 Å². The zero-order chi connectivity index (χ0) is 10.1. The first-order valence-corrected chi connectivity index (χ1v) is 4.77. The highest BCUT2D eigenvalue weighted by Gasteiger charge is 2.12. The van der Waals surface area contributed by atoms with Crippen LogP contribution in [-0.2, 0) is 6.61 Å². The predicted molar refractivity (Wildman–Crippen MR) is 54.2 cm³/mol. The van der Waals surface area contributed by atoms with Crippen molar-refractivity contribution in [2.45, 2.75) is 6.61 Å². The number of ether oxygens (including phenoxy) is 1. The van der Waals surface area contributed by atoms with Crippen molar-refractivity contribution in [2.24, 2.45) is 0 Å². The largest absolute Gasteiger partial charge is 0.490 e. The van der Waals surface area contributed by atoms with Gasteiger partial charge in [0, 0.05) is 11.6 Å². The summed E-state index contributed by atoms with van der Waals surface area (Å²) in [6, 6.07) is 1.73. The first-order chi connectivity index (χ1) is 6.76. The van der Waals surface area contributed by atoms with E-state index in [1.54, 1.807) is 19.4 Å². The number of halogens is 1. The van der Waals surface area contributed by atoms with Gasteiger partial charge >= 0.3 is 0 Å². The molecule has 14 heavy (non-hydrogen) atoms. The van der Waals surface area contributed by atoms with Crippen molar-refractivity contribution in [1.82, 2.24) is 4.98 Å². The van der Waals surface area contributed by atoms with Gasteiger partial charge in [-0.1, -0.05) is 0 Å². The molecule has 1 N–H and O–H groups in total. The summed E-state index contributed by atoms with van der Waals surface area (Å²) in [6.07, 6.45) is 1.66. The fraction of sp³-hybridized carbons (Fsp3) is 0.222. The maximum atomic E-state index is 8.90. The second-order valence-electron chi connectivity index (χ2n) is 2.74. The Morgan fingerprint density at radius 2 is 2.43 bits per heavy atom. The number of hydrogen-bond acceptors (Lipinski definition) is 4. The van der Waals surface area contributed by atoms with E-state index in [0.29, 0.717) is 21.7 Å². The number of furan rings is 1. The van der Waals surface area contributed by atoms with E-state index in [1.165, 1.54) is 0 Å². The van der Waals surface area contributed by atoms with Gasteiger partial charge in [0.15, 0.2) is 15.9 Å².